The van der Waals surface area contributed by atoms with Crippen molar-refractivity contribution in [2.45, 2.75) is 50.7 Å². The highest BCUT2D eigenvalue weighted by molar-refractivity contribution is 6.09. The van der Waals surface area contributed by atoms with Gasteiger partial charge in [0.15, 0.2) is 5.82 Å². The quantitative estimate of drug-likeness (QED) is 0.361. The van der Waals surface area contributed by atoms with Gasteiger partial charge in [0.1, 0.15) is 5.69 Å². The number of aryl methyl sites for hydroxylation is 1. The molecule has 198 valence electrons. The van der Waals surface area contributed by atoms with Gasteiger partial charge in [-0.3, -0.25) is 14.3 Å². The number of hydrogen-bond acceptors (Lipinski definition) is 5. The van der Waals surface area contributed by atoms with Gasteiger partial charge in [0, 0.05) is 48.7 Å². The first kappa shape index (κ1) is 23.9. The summed E-state index contributed by atoms with van der Waals surface area (Å²) in [5.41, 5.74) is 6.32. The minimum Gasteiger partial charge on any atom is -0.392 e. The Morgan fingerprint density at radius 3 is 2.64 bits per heavy atom. The predicted octanol–water partition coefficient (Wildman–Crippen LogP) is 4.90. The van der Waals surface area contributed by atoms with E-state index in [9.17, 15) is 14.7 Å². The monoisotopic (exact) mass is 521 g/mol. The highest BCUT2D eigenvalue weighted by Gasteiger charge is 2.30. The van der Waals surface area contributed by atoms with E-state index < -0.39 is 0 Å². The van der Waals surface area contributed by atoms with E-state index in [2.05, 4.69) is 22.5 Å². The lowest BCUT2D eigenvalue weighted by molar-refractivity contribution is 0.0980. The van der Waals surface area contributed by atoms with Crippen LogP contribution in [0, 0.1) is 0 Å². The molecule has 0 radical (unpaired) electrons. The summed E-state index contributed by atoms with van der Waals surface area (Å²) < 4.78 is 3.47. The van der Waals surface area contributed by atoms with Crippen LogP contribution in [0.4, 0.5) is 17.2 Å². The number of nitrogens with one attached hydrogen (secondary N) is 1. The lowest BCUT2D eigenvalue weighted by Crippen LogP contribution is -2.38. The van der Waals surface area contributed by atoms with Crippen LogP contribution in [0.5, 0.6) is 0 Å². The lowest BCUT2D eigenvalue weighted by atomic mass is 9.93. The van der Waals surface area contributed by atoms with Gasteiger partial charge < -0.3 is 19.9 Å². The second-order valence-electron chi connectivity index (χ2n) is 11.0. The van der Waals surface area contributed by atoms with Gasteiger partial charge in [-0.2, -0.15) is 5.10 Å². The molecule has 0 atom stereocenters. The van der Waals surface area contributed by atoms with Crippen LogP contribution < -0.4 is 15.8 Å². The van der Waals surface area contributed by atoms with Gasteiger partial charge in [0.05, 0.1) is 18.3 Å². The number of aliphatic hydroxyl groups is 1. The summed E-state index contributed by atoms with van der Waals surface area (Å²) >= 11 is 0. The average Bonchev–Trinajstić information content (AvgIpc) is 3.89. The lowest BCUT2D eigenvalue weighted by Gasteiger charge is -2.31. The summed E-state index contributed by atoms with van der Waals surface area (Å²) in [5, 5.41) is 18.3. The van der Waals surface area contributed by atoms with Crippen molar-refractivity contribution in [3.8, 4) is 11.1 Å². The fourth-order valence-corrected chi connectivity index (χ4v) is 5.71. The molecule has 39 heavy (non-hydrogen) atoms. The van der Waals surface area contributed by atoms with Crippen LogP contribution in [-0.2, 0) is 20.1 Å². The molecular formula is C31H31N5O3. The SMILES string of the molecule is Cn1cc(-c2cccc(N3CCc4cc(C5CC5)ccc4C3=O)c2CO)cc(Nc2ccn(C3CC3)n2)c1=O. The van der Waals surface area contributed by atoms with Crippen LogP contribution in [0.2, 0.25) is 0 Å². The summed E-state index contributed by atoms with van der Waals surface area (Å²) in [6, 6.07) is 16.1. The zero-order valence-corrected chi connectivity index (χ0v) is 21.9. The van der Waals surface area contributed by atoms with E-state index >= 15 is 0 Å². The molecule has 2 fully saturated rings. The number of benzene rings is 2. The third kappa shape index (κ3) is 4.34. The van der Waals surface area contributed by atoms with Gasteiger partial charge >= 0.3 is 0 Å². The first-order valence-electron chi connectivity index (χ1n) is 13.7. The largest absolute Gasteiger partial charge is 0.392 e. The Kier molecular flexibility index (Phi) is 5.66. The fraction of sp³-hybridized carbons (Fsp3) is 0.323. The molecule has 0 bridgehead atoms. The molecule has 0 unspecified atom stereocenters. The number of fused-ring (bicyclic) bond motifs is 1. The highest BCUT2D eigenvalue weighted by Crippen LogP contribution is 2.41. The molecule has 4 aromatic rings. The van der Waals surface area contributed by atoms with Gasteiger partial charge in [-0.05, 0) is 72.9 Å². The van der Waals surface area contributed by atoms with Crippen molar-refractivity contribution < 1.29 is 9.90 Å². The van der Waals surface area contributed by atoms with Crippen molar-refractivity contribution in [2.75, 3.05) is 16.8 Å². The molecule has 8 heteroatoms. The molecule has 3 aliphatic rings. The van der Waals surface area contributed by atoms with Crippen LogP contribution in [0.25, 0.3) is 11.1 Å². The zero-order valence-electron chi connectivity index (χ0n) is 21.9. The van der Waals surface area contributed by atoms with E-state index in [1.807, 2.05) is 41.2 Å². The Labute approximate surface area is 226 Å². The Hall–Kier alpha value is -4.17. The van der Waals surface area contributed by atoms with Crippen LogP contribution in [0.1, 0.15) is 64.7 Å². The number of hydrogen-bond donors (Lipinski definition) is 2. The molecule has 2 aromatic heterocycles. The minimum atomic E-state index is -0.236. The number of aromatic nitrogens is 3. The van der Waals surface area contributed by atoms with Crippen molar-refractivity contribution in [2.24, 2.45) is 7.05 Å². The number of carbonyl (C=O) groups is 1. The summed E-state index contributed by atoms with van der Waals surface area (Å²) in [5.74, 6) is 1.23. The van der Waals surface area contributed by atoms with Crippen molar-refractivity contribution >= 4 is 23.1 Å². The molecule has 3 heterocycles. The standard InChI is InChI=1S/C31H31N5O3/c1-34-17-22(16-27(31(34)39)32-29-12-14-36(33-29)23-8-9-23)24-3-2-4-28(26(24)18-37)35-13-11-21-15-20(19-5-6-19)7-10-25(21)30(35)38/h2-4,7,10,12,14-17,19,23,37H,5-6,8-9,11,13,18H2,1H3,(H,32,33). The molecule has 0 spiro atoms. The van der Waals surface area contributed by atoms with Crippen LogP contribution in [0.3, 0.4) is 0 Å². The Morgan fingerprint density at radius 1 is 1.03 bits per heavy atom. The normalized spacial score (nSPS) is 16.9. The minimum absolute atomic E-state index is 0.0421. The molecule has 8 nitrogen and oxygen atoms in total. The van der Waals surface area contributed by atoms with Crippen molar-refractivity contribution in [3.05, 3.63) is 93.5 Å². The topological polar surface area (TPSA) is 92.4 Å². The molecular weight excluding hydrogens is 490 g/mol. The van der Waals surface area contributed by atoms with E-state index in [-0.39, 0.29) is 18.1 Å². The predicted molar refractivity (Wildman–Crippen MR) is 151 cm³/mol. The number of rotatable bonds is 7. The van der Waals surface area contributed by atoms with Gasteiger partial charge in [0.25, 0.3) is 11.5 Å². The van der Waals surface area contributed by atoms with Gasteiger partial charge in [-0.1, -0.05) is 24.3 Å². The summed E-state index contributed by atoms with van der Waals surface area (Å²) in [4.78, 5) is 28.4. The van der Waals surface area contributed by atoms with Crippen LogP contribution in [0.15, 0.2) is 65.7 Å². The van der Waals surface area contributed by atoms with Crippen molar-refractivity contribution in [1.29, 1.82) is 0 Å². The third-order valence-electron chi connectivity index (χ3n) is 8.14. The maximum absolute atomic E-state index is 13.6. The van der Waals surface area contributed by atoms with E-state index in [0.29, 0.717) is 41.3 Å². The maximum Gasteiger partial charge on any atom is 0.274 e. The first-order valence-corrected chi connectivity index (χ1v) is 13.7. The smallest absolute Gasteiger partial charge is 0.274 e. The number of nitrogens with zero attached hydrogens (tertiary/aromatic N) is 4. The molecule has 2 N–H and O–H groups in total. The van der Waals surface area contributed by atoms with Crippen molar-refractivity contribution in [1.82, 2.24) is 14.3 Å². The third-order valence-corrected chi connectivity index (χ3v) is 8.14. The van der Waals surface area contributed by atoms with E-state index in [0.717, 1.165) is 41.5 Å². The maximum atomic E-state index is 13.6. The number of amides is 1. The first-order chi connectivity index (χ1) is 19.0. The van der Waals surface area contributed by atoms with Gasteiger partial charge in [-0.15, -0.1) is 0 Å². The van der Waals surface area contributed by atoms with Crippen LogP contribution >= 0.6 is 0 Å². The molecule has 2 aromatic carbocycles. The van der Waals surface area contributed by atoms with Crippen LogP contribution in [-0.4, -0.2) is 31.9 Å². The molecule has 2 aliphatic carbocycles. The average molecular weight is 522 g/mol. The van der Waals surface area contributed by atoms with E-state index in [4.69, 9.17) is 0 Å². The van der Waals surface area contributed by atoms with E-state index in [1.54, 1.807) is 24.2 Å². The second kappa shape index (κ2) is 9.24. The molecule has 7 rings (SSSR count). The fourth-order valence-electron chi connectivity index (χ4n) is 5.71. The van der Waals surface area contributed by atoms with Gasteiger partial charge in [-0.25, -0.2) is 0 Å². The van der Waals surface area contributed by atoms with Crippen molar-refractivity contribution in [3.63, 3.8) is 0 Å². The summed E-state index contributed by atoms with van der Waals surface area (Å²) in [7, 11) is 1.71. The number of carbonyl (C=O) groups excluding carboxylic acids is 1. The summed E-state index contributed by atoms with van der Waals surface area (Å²) in [6.07, 6.45) is 9.20. The molecule has 1 aliphatic heterocycles. The Morgan fingerprint density at radius 2 is 1.87 bits per heavy atom. The molecule has 0 saturated heterocycles. The van der Waals surface area contributed by atoms with Gasteiger partial charge in [0.2, 0.25) is 0 Å². The van der Waals surface area contributed by atoms with E-state index in [1.165, 1.54) is 23.0 Å². The molecule has 1 amide bonds. The second-order valence-corrected chi connectivity index (χ2v) is 11.0. The number of aliphatic hydroxyl groups excluding tert-OH is 1. The molecule has 2 saturated carbocycles. The number of anilines is 3. The summed E-state index contributed by atoms with van der Waals surface area (Å²) in [6.45, 7) is 0.320. The zero-order chi connectivity index (χ0) is 26.7. The highest BCUT2D eigenvalue weighted by atomic mass is 16.3. The number of pyridine rings is 1. The Balaban J connectivity index is 1.23. The Bertz CT molecular complexity index is 1660.